The van der Waals surface area contributed by atoms with Crippen molar-refractivity contribution in [2.24, 2.45) is 0 Å². The Labute approximate surface area is 113 Å². The fourth-order valence-electron chi connectivity index (χ4n) is 2.25. The Balaban J connectivity index is 2.12. The Morgan fingerprint density at radius 1 is 1.53 bits per heavy atom. The number of rotatable bonds is 3. The van der Waals surface area contributed by atoms with Crippen LogP contribution in [0.4, 0.5) is 5.82 Å². The number of piperidine rings is 1. The van der Waals surface area contributed by atoms with Gasteiger partial charge in [-0.05, 0) is 38.8 Å². The SMILES string of the molecule is CCNc1ncccc1C(=O)N1CCC(C)(O)CC1. The van der Waals surface area contributed by atoms with Crippen LogP contribution in [0.3, 0.4) is 0 Å². The molecule has 1 aromatic rings. The molecule has 2 N–H and O–H groups in total. The van der Waals surface area contributed by atoms with E-state index in [9.17, 15) is 9.90 Å². The summed E-state index contributed by atoms with van der Waals surface area (Å²) >= 11 is 0. The largest absolute Gasteiger partial charge is 0.390 e. The number of hydrogen-bond acceptors (Lipinski definition) is 4. The number of pyridine rings is 1. The molecule has 0 aliphatic carbocycles. The minimum absolute atomic E-state index is 0.0143. The van der Waals surface area contributed by atoms with Crippen LogP contribution in [0.5, 0.6) is 0 Å². The number of anilines is 1. The highest BCUT2D eigenvalue weighted by Crippen LogP contribution is 2.23. The lowest BCUT2D eigenvalue weighted by molar-refractivity contribution is -0.00200. The number of nitrogens with one attached hydrogen (secondary N) is 1. The zero-order valence-corrected chi connectivity index (χ0v) is 11.5. The zero-order valence-electron chi connectivity index (χ0n) is 11.5. The monoisotopic (exact) mass is 263 g/mol. The Hall–Kier alpha value is -1.62. The Kier molecular flexibility index (Phi) is 4.04. The van der Waals surface area contributed by atoms with Gasteiger partial charge in [-0.25, -0.2) is 4.98 Å². The van der Waals surface area contributed by atoms with Crippen molar-refractivity contribution in [2.75, 3.05) is 25.0 Å². The zero-order chi connectivity index (χ0) is 13.9. The summed E-state index contributed by atoms with van der Waals surface area (Å²) in [5, 5.41) is 13.0. The lowest BCUT2D eigenvalue weighted by atomic mass is 9.93. The van der Waals surface area contributed by atoms with Gasteiger partial charge < -0.3 is 15.3 Å². The molecule has 0 atom stereocenters. The fourth-order valence-corrected chi connectivity index (χ4v) is 2.25. The van der Waals surface area contributed by atoms with E-state index in [0.717, 1.165) is 6.54 Å². The number of amides is 1. The van der Waals surface area contributed by atoms with Crippen molar-refractivity contribution in [1.29, 1.82) is 0 Å². The van der Waals surface area contributed by atoms with Crippen LogP contribution in [0.2, 0.25) is 0 Å². The molecule has 0 bridgehead atoms. The molecule has 5 nitrogen and oxygen atoms in total. The molecule has 2 heterocycles. The van der Waals surface area contributed by atoms with Crippen molar-refractivity contribution >= 4 is 11.7 Å². The fraction of sp³-hybridized carbons (Fsp3) is 0.571. The van der Waals surface area contributed by atoms with Crippen molar-refractivity contribution in [3.63, 3.8) is 0 Å². The lowest BCUT2D eigenvalue weighted by Crippen LogP contribution is -2.45. The highest BCUT2D eigenvalue weighted by atomic mass is 16.3. The maximum Gasteiger partial charge on any atom is 0.257 e. The molecule has 1 fully saturated rings. The van der Waals surface area contributed by atoms with Gasteiger partial charge in [-0.15, -0.1) is 0 Å². The molecule has 104 valence electrons. The quantitative estimate of drug-likeness (QED) is 0.867. The van der Waals surface area contributed by atoms with Gasteiger partial charge in [0.2, 0.25) is 0 Å². The summed E-state index contributed by atoms with van der Waals surface area (Å²) < 4.78 is 0. The molecule has 1 aliphatic heterocycles. The van der Waals surface area contributed by atoms with Crippen LogP contribution < -0.4 is 5.32 Å². The number of carbonyl (C=O) groups is 1. The number of aliphatic hydroxyl groups is 1. The van der Waals surface area contributed by atoms with Gasteiger partial charge in [-0.3, -0.25) is 4.79 Å². The minimum atomic E-state index is -0.643. The maximum atomic E-state index is 12.5. The molecule has 0 saturated carbocycles. The molecule has 0 spiro atoms. The number of carbonyl (C=O) groups excluding carboxylic acids is 1. The van der Waals surface area contributed by atoms with E-state index in [1.807, 2.05) is 13.8 Å². The first-order valence-electron chi connectivity index (χ1n) is 6.74. The van der Waals surface area contributed by atoms with Crippen LogP contribution in [-0.2, 0) is 0 Å². The van der Waals surface area contributed by atoms with Gasteiger partial charge in [0.15, 0.2) is 0 Å². The predicted octanol–water partition coefficient (Wildman–Crippen LogP) is 1.50. The molecule has 0 radical (unpaired) electrons. The van der Waals surface area contributed by atoms with E-state index >= 15 is 0 Å². The van der Waals surface area contributed by atoms with Gasteiger partial charge in [-0.1, -0.05) is 0 Å². The van der Waals surface area contributed by atoms with E-state index in [0.29, 0.717) is 37.3 Å². The van der Waals surface area contributed by atoms with E-state index in [4.69, 9.17) is 0 Å². The molecule has 1 aliphatic rings. The Morgan fingerprint density at radius 2 is 2.21 bits per heavy atom. The molecule has 1 amide bonds. The van der Waals surface area contributed by atoms with Gasteiger partial charge in [0.25, 0.3) is 5.91 Å². The number of aromatic nitrogens is 1. The molecule has 19 heavy (non-hydrogen) atoms. The second kappa shape index (κ2) is 5.57. The Bertz CT molecular complexity index is 450. The summed E-state index contributed by atoms with van der Waals surface area (Å²) in [6, 6.07) is 3.56. The van der Waals surface area contributed by atoms with Crippen LogP contribution in [0.15, 0.2) is 18.3 Å². The number of nitrogens with zero attached hydrogens (tertiary/aromatic N) is 2. The van der Waals surface area contributed by atoms with Crippen LogP contribution in [-0.4, -0.2) is 46.1 Å². The van der Waals surface area contributed by atoms with Crippen molar-refractivity contribution < 1.29 is 9.90 Å². The third kappa shape index (κ3) is 3.23. The second-order valence-electron chi connectivity index (χ2n) is 5.22. The van der Waals surface area contributed by atoms with Gasteiger partial charge in [0.1, 0.15) is 5.82 Å². The first kappa shape index (κ1) is 13.8. The highest BCUT2D eigenvalue weighted by Gasteiger charge is 2.30. The Morgan fingerprint density at radius 3 is 2.84 bits per heavy atom. The molecule has 2 rings (SSSR count). The summed E-state index contributed by atoms with van der Waals surface area (Å²) in [6.45, 7) is 5.70. The molecular formula is C14H21N3O2. The maximum absolute atomic E-state index is 12.5. The standard InChI is InChI=1S/C14H21N3O2/c1-3-15-12-11(5-4-8-16-12)13(18)17-9-6-14(2,19)7-10-17/h4-5,8,19H,3,6-7,9-10H2,1-2H3,(H,15,16). The lowest BCUT2D eigenvalue weighted by Gasteiger charge is -2.36. The summed E-state index contributed by atoms with van der Waals surface area (Å²) in [7, 11) is 0. The van der Waals surface area contributed by atoms with Crippen molar-refractivity contribution in [1.82, 2.24) is 9.88 Å². The van der Waals surface area contributed by atoms with E-state index in [2.05, 4.69) is 10.3 Å². The van der Waals surface area contributed by atoms with E-state index < -0.39 is 5.60 Å². The molecule has 5 heteroatoms. The topological polar surface area (TPSA) is 65.5 Å². The van der Waals surface area contributed by atoms with Gasteiger partial charge in [0, 0.05) is 25.8 Å². The second-order valence-corrected chi connectivity index (χ2v) is 5.22. The summed E-state index contributed by atoms with van der Waals surface area (Å²) in [5.74, 6) is 0.617. The average Bonchev–Trinajstić information content (AvgIpc) is 2.39. The van der Waals surface area contributed by atoms with Crippen molar-refractivity contribution in [3.05, 3.63) is 23.9 Å². The van der Waals surface area contributed by atoms with Crippen LogP contribution in [0, 0.1) is 0 Å². The van der Waals surface area contributed by atoms with Gasteiger partial charge in [0.05, 0.1) is 11.2 Å². The van der Waals surface area contributed by atoms with Gasteiger partial charge >= 0.3 is 0 Å². The van der Waals surface area contributed by atoms with Gasteiger partial charge in [-0.2, -0.15) is 0 Å². The third-order valence-corrected chi connectivity index (χ3v) is 3.51. The predicted molar refractivity (Wildman–Crippen MR) is 74.2 cm³/mol. The van der Waals surface area contributed by atoms with E-state index in [-0.39, 0.29) is 5.91 Å². The minimum Gasteiger partial charge on any atom is -0.390 e. The summed E-state index contributed by atoms with van der Waals surface area (Å²) in [6.07, 6.45) is 2.92. The highest BCUT2D eigenvalue weighted by molar-refractivity contribution is 5.98. The molecule has 1 saturated heterocycles. The first-order valence-corrected chi connectivity index (χ1v) is 6.74. The normalized spacial score (nSPS) is 18.2. The van der Waals surface area contributed by atoms with Crippen molar-refractivity contribution in [2.45, 2.75) is 32.3 Å². The number of hydrogen-bond donors (Lipinski definition) is 2. The summed E-state index contributed by atoms with van der Waals surface area (Å²) in [5.41, 5.74) is -0.0400. The van der Waals surface area contributed by atoms with Crippen LogP contribution in [0.25, 0.3) is 0 Å². The average molecular weight is 263 g/mol. The van der Waals surface area contributed by atoms with E-state index in [1.54, 1.807) is 23.2 Å². The third-order valence-electron chi connectivity index (χ3n) is 3.51. The molecule has 0 unspecified atom stereocenters. The molecular weight excluding hydrogens is 242 g/mol. The smallest absolute Gasteiger partial charge is 0.257 e. The van der Waals surface area contributed by atoms with Crippen molar-refractivity contribution in [3.8, 4) is 0 Å². The van der Waals surface area contributed by atoms with Crippen LogP contribution in [0.1, 0.15) is 37.0 Å². The van der Waals surface area contributed by atoms with E-state index in [1.165, 1.54) is 0 Å². The molecule has 1 aromatic heterocycles. The molecule has 0 aromatic carbocycles. The first-order chi connectivity index (χ1) is 9.03. The summed E-state index contributed by atoms with van der Waals surface area (Å²) in [4.78, 5) is 18.5. The number of likely N-dealkylation sites (tertiary alicyclic amines) is 1. The van der Waals surface area contributed by atoms with Crippen LogP contribution >= 0.6 is 0 Å².